The van der Waals surface area contributed by atoms with Crippen LogP contribution in [-0.2, 0) is 4.79 Å². The molecule has 0 aliphatic rings. The summed E-state index contributed by atoms with van der Waals surface area (Å²) in [6.07, 6.45) is 1.42. The summed E-state index contributed by atoms with van der Waals surface area (Å²) in [7, 11) is 0. The van der Waals surface area contributed by atoms with Crippen LogP contribution < -0.4 is 10.2 Å². The summed E-state index contributed by atoms with van der Waals surface area (Å²) < 4.78 is 5.84. The summed E-state index contributed by atoms with van der Waals surface area (Å²) in [5, 5.41) is 23.8. The van der Waals surface area contributed by atoms with Crippen LogP contribution in [0, 0.1) is 13.7 Å². The van der Waals surface area contributed by atoms with Crippen LogP contribution >= 0.6 is 22.6 Å². The molecule has 0 aliphatic carbocycles. The standard InChI is InChI=1S/C15H12IN3O5/c16-13-6-10(4-5-14(13)20)8-17-18-15(21)9-24-12-3-1-2-11(7-12)19(22)23/h1-8,20H,9H2,(H,18,21). The molecular formula is C15H12IN3O5. The fourth-order valence-corrected chi connectivity index (χ4v) is 2.19. The number of nitrogens with zero attached hydrogens (tertiary/aromatic N) is 2. The van der Waals surface area contributed by atoms with Crippen molar-refractivity contribution in [3.05, 3.63) is 61.7 Å². The van der Waals surface area contributed by atoms with E-state index in [1.165, 1.54) is 36.5 Å². The topological polar surface area (TPSA) is 114 Å². The Morgan fingerprint density at radius 2 is 2.17 bits per heavy atom. The summed E-state index contributed by atoms with van der Waals surface area (Å²) in [4.78, 5) is 21.7. The van der Waals surface area contributed by atoms with E-state index in [1.54, 1.807) is 12.1 Å². The molecule has 0 aliphatic heterocycles. The highest BCUT2D eigenvalue weighted by Gasteiger charge is 2.07. The lowest BCUT2D eigenvalue weighted by molar-refractivity contribution is -0.384. The van der Waals surface area contributed by atoms with Gasteiger partial charge < -0.3 is 9.84 Å². The second kappa shape index (κ2) is 8.24. The number of phenolic OH excluding ortho intramolecular Hbond substituents is 1. The van der Waals surface area contributed by atoms with Crippen molar-refractivity contribution in [1.29, 1.82) is 0 Å². The molecule has 0 aromatic heterocycles. The Balaban J connectivity index is 1.85. The van der Waals surface area contributed by atoms with Gasteiger partial charge in [-0.15, -0.1) is 0 Å². The first kappa shape index (κ1) is 17.7. The number of rotatable bonds is 6. The van der Waals surface area contributed by atoms with Gasteiger partial charge >= 0.3 is 0 Å². The van der Waals surface area contributed by atoms with Crippen molar-refractivity contribution < 1.29 is 19.6 Å². The normalized spacial score (nSPS) is 10.5. The van der Waals surface area contributed by atoms with Gasteiger partial charge in [0.2, 0.25) is 0 Å². The molecular weight excluding hydrogens is 429 g/mol. The molecule has 124 valence electrons. The number of nitro benzene ring substituents is 1. The van der Waals surface area contributed by atoms with Crippen LogP contribution in [0.4, 0.5) is 5.69 Å². The summed E-state index contributed by atoms with van der Waals surface area (Å²) in [6, 6.07) is 10.4. The fourth-order valence-electron chi connectivity index (χ4n) is 1.65. The lowest BCUT2D eigenvalue weighted by Gasteiger charge is -2.04. The SMILES string of the molecule is O=C(COc1cccc([N+](=O)[O-])c1)NN=Cc1ccc(O)c(I)c1. The molecule has 0 spiro atoms. The monoisotopic (exact) mass is 441 g/mol. The number of benzene rings is 2. The van der Waals surface area contributed by atoms with Gasteiger partial charge in [-0.2, -0.15) is 5.10 Å². The first-order valence-corrected chi connectivity index (χ1v) is 7.71. The molecule has 0 fully saturated rings. The number of hydrazone groups is 1. The van der Waals surface area contributed by atoms with Crippen molar-refractivity contribution in [1.82, 2.24) is 5.43 Å². The third-order valence-corrected chi connectivity index (χ3v) is 3.64. The maximum absolute atomic E-state index is 11.6. The van der Waals surface area contributed by atoms with E-state index in [-0.39, 0.29) is 23.8 Å². The maximum atomic E-state index is 11.6. The maximum Gasteiger partial charge on any atom is 0.277 e. The average molecular weight is 441 g/mol. The Morgan fingerprint density at radius 1 is 1.38 bits per heavy atom. The molecule has 0 saturated heterocycles. The second-order valence-corrected chi connectivity index (χ2v) is 5.71. The van der Waals surface area contributed by atoms with E-state index in [2.05, 4.69) is 10.5 Å². The van der Waals surface area contributed by atoms with Gasteiger partial charge in [0, 0.05) is 6.07 Å². The summed E-state index contributed by atoms with van der Waals surface area (Å²) in [5.41, 5.74) is 2.87. The number of aromatic hydroxyl groups is 1. The number of phenols is 1. The van der Waals surface area contributed by atoms with Gasteiger partial charge in [0.25, 0.3) is 11.6 Å². The second-order valence-electron chi connectivity index (χ2n) is 4.55. The number of nitrogens with one attached hydrogen (secondary N) is 1. The highest BCUT2D eigenvalue weighted by molar-refractivity contribution is 14.1. The van der Waals surface area contributed by atoms with Gasteiger partial charge in [-0.05, 0) is 52.4 Å². The van der Waals surface area contributed by atoms with Gasteiger partial charge in [0.1, 0.15) is 11.5 Å². The number of carbonyl (C=O) groups excluding carboxylic acids is 1. The Morgan fingerprint density at radius 3 is 2.88 bits per heavy atom. The number of hydrogen-bond donors (Lipinski definition) is 2. The quantitative estimate of drug-likeness (QED) is 0.310. The molecule has 2 aromatic rings. The van der Waals surface area contributed by atoms with E-state index >= 15 is 0 Å². The molecule has 0 bridgehead atoms. The fraction of sp³-hybridized carbons (Fsp3) is 0.0667. The van der Waals surface area contributed by atoms with Gasteiger partial charge in [-0.1, -0.05) is 6.07 Å². The van der Waals surface area contributed by atoms with E-state index in [0.29, 0.717) is 9.13 Å². The summed E-state index contributed by atoms with van der Waals surface area (Å²) >= 11 is 1.98. The van der Waals surface area contributed by atoms with Gasteiger partial charge in [-0.3, -0.25) is 14.9 Å². The Labute approximate surface area is 150 Å². The van der Waals surface area contributed by atoms with Crippen molar-refractivity contribution in [3.8, 4) is 11.5 Å². The summed E-state index contributed by atoms with van der Waals surface area (Å²) in [6.45, 7) is -0.328. The van der Waals surface area contributed by atoms with Crippen LogP contribution in [0.3, 0.4) is 0 Å². The van der Waals surface area contributed by atoms with Crippen LogP contribution in [0.1, 0.15) is 5.56 Å². The highest BCUT2D eigenvalue weighted by atomic mass is 127. The van der Waals surface area contributed by atoms with Gasteiger partial charge in [0.15, 0.2) is 6.61 Å². The molecule has 0 unspecified atom stereocenters. The average Bonchev–Trinajstić information content (AvgIpc) is 2.56. The van der Waals surface area contributed by atoms with Gasteiger partial charge in [0.05, 0.1) is 20.8 Å². The molecule has 0 heterocycles. The van der Waals surface area contributed by atoms with Crippen LogP contribution in [0.5, 0.6) is 11.5 Å². The number of halogens is 1. The van der Waals surface area contributed by atoms with E-state index < -0.39 is 10.8 Å². The zero-order valence-electron chi connectivity index (χ0n) is 12.2. The predicted molar refractivity (Wildman–Crippen MR) is 95.2 cm³/mol. The van der Waals surface area contributed by atoms with Crippen LogP contribution in [0.2, 0.25) is 0 Å². The molecule has 1 amide bonds. The number of nitro groups is 1. The summed E-state index contributed by atoms with van der Waals surface area (Å²) in [5.74, 6) is -0.121. The van der Waals surface area contributed by atoms with Crippen molar-refractivity contribution in [2.75, 3.05) is 6.61 Å². The molecule has 8 nitrogen and oxygen atoms in total. The minimum absolute atomic E-state index is 0.118. The van der Waals surface area contributed by atoms with Gasteiger partial charge in [-0.25, -0.2) is 5.43 Å². The first-order valence-electron chi connectivity index (χ1n) is 6.63. The Bertz CT molecular complexity index is 794. The van der Waals surface area contributed by atoms with Crippen molar-refractivity contribution in [2.45, 2.75) is 0 Å². The number of hydrogen-bond acceptors (Lipinski definition) is 6. The number of amides is 1. The van der Waals surface area contributed by atoms with Crippen LogP contribution in [0.15, 0.2) is 47.6 Å². The molecule has 0 atom stereocenters. The molecule has 0 saturated carbocycles. The van der Waals surface area contributed by atoms with E-state index in [4.69, 9.17) is 4.74 Å². The van der Waals surface area contributed by atoms with E-state index in [1.807, 2.05) is 22.6 Å². The molecule has 2 rings (SSSR count). The zero-order chi connectivity index (χ0) is 17.5. The minimum atomic E-state index is -0.545. The Kier molecular flexibility index (Phi) is 6.07. The third kappa shape index (κ3) is 5.19. The van der Waals surface area contributed by atoms with E-state index in [9.17, 15) is 20.0 Å². The molecule has 24 heavy (non-hydrogen) atoms. The molecule has 9 heteroatoms. The molecule has 2 N–H and O–H groups in total. The van der Waals surface area contributed by atoms with Crippen molar-refractivity contribution in [2.24, 2.45) is 5.10 Å². The first-order chi connectivity index (χ1) is 11.5. The lowest BCUT2D eigenvalue weighted by Crippen LogP contribution is -2.24. The number of carbonyl (C=O) groups is 1. The number of non-ortho nitro benzene ring substituents is 1. The number of ether oxygens (including phenoxy) is 1. The van der Waals surface area contributed by atoms with Crippen molar-refractivity contribution >= 4 is 40.4 Å². The minimum Gasteiger partial charge on any atom is -0.507 e. The third-order valence-electron chi connectivity index (χ3n) is 2.77. The molecule has 2 aromatic carbocycles. The Hall–Kier alpha value is -2.69. The lowest BCUT2D eigenvalue weighted by atomic mass is 10.2. The highest BCUT2D eigenvalue weighted by Crippen LogP contribution is 2.19. The smallest absolute Gasteiger partial charge is 0.277 e. The van der Waals surface area contributed by atoms with Crippen LogP contribution in [0.25, 0.3) is 0 Å². The van der Waals surface area contributed by atoms with E-state index in [0.717, 1.165) is 0 Å². The predicted octanol–water partition coefficient (Wildman–Crippen LogP) is 2.43. The van der Waals surface area contributed by atoms with Crippen molar-refractivity contribution in [3.63, 3.8) is 0 Å². The molecule has 0 radical (unpaired) electrons. The zero-order valence-corrected chi connectivity index (χ0v) is 14.3. The van der Waals surface area contributed by atoms with Crippen LogP contribution in [-0.4, -0.2) is 28.8 Å². The largest absolute Gasteiger partial charge is 0.507 e.